The quantitative estimate of drug-likeness (QED) is 0.0480. The first-order valence-corrected chi connectivity index (χ1v) is 16.3. The van der Waals surface area contributed by atoms with E-state index in [0.29, 0.717) is 60.6 Å². The molecule has 0 fully saturated rings. The lowest BCUT2D eigenvalue weighted by atomic mass is 9.87. The summed E-state index contributed by atoms with van der Waals surface area (Å²) in [5, 5.41) is 0.186. The van der Waals surface area contributed by atoms with Gasteiger partial charge in [0.15, 0.2) is 0 Å². The van der Waals surface area contributed by atoms with Gasteiger partial charge in [-0.3, -0.25) is 0 Å². The Hall–Kier alpha value is -6.03. The molecule has 3 aromatic carbocycles. The molecule has 0 unspecified atom stereocenters. The molecule has 0 bridgehead atoms. The molecular formula is C40H37NO9. The second-order valence-corrected chi connectivity index (χ2v) is 11.5. The predicted molar refractivity (Wildman–Crippen MR) is 189 cm³/mol. The SMILES string of the molecule is C=CC(=O)OCCCCOc1ccc(-c2nc3cc(C)c(OC(=O)c4ccc(C5=CC=C5CCCCOC(=O)C=C)cc4)cc3c(=O)o2)cc1. The van der Waals surface area contributed by atoms with E-state index < -0.39 is 23.5 Å². The third kappa shape index (κ3) is 9.10. The number of esters is 3. The maximum Gasteiger partial charge on any atom is 0.347 e. The maximum atomic E-state index is 13.1. The van der Waals surface area contributed by atoms with Crippen molar-refractivity contribution in [3.8, 4) is 23.0 Å². The van der Waals surface area contributed by atoms with Gasteiger partial charge in [-0.15, -0.1) is 0 Å². The zero-order valence-electron chi connectivity index (χ0n) is 27.8. The Morgan fingerprint density at radius 3 is 2.08 bits per heavy atom. The number of carbonyl (C=O) groups is 3. The zero-order chi connectivity index (χ0) is 35.5. The number of nitrogens with zero attached hydrogens (tertiary/aromatic N) is 1. The Bertz CT molecular complexity index is 2020. The molecule has 4 aromatic rings. The van der Waals surface area contributed by atoms with Gasteiger partial charge in [0.05, 0.1) is 36.3 Å². The molecule has 1 heterocycles. The van der Waals surface area contributed by atoms with Crippen molar-refractivity contribution in [2.45, 2.75) is 39.0 Å². The minimum Gasteiger partial charge on any atom is -0.494 e. The van der Waals surface area contributed by atoms with Gasteiger partial charge in [0.2, 0.25) is 5.89 Å². The Kier molecular flexibility index (Phi) is 11.9. The van der Waals surface area contributed by atoms with Gasteiger partial charge in [0.1, 0.15) is 11.5 Å². The number of allylic oxidation sites excluding steroid dienone is 4. The summed E-state index contributed by atoms with van der Waals surface area (Å²) in [6.45, 7) is 9.63. The molecule has 0 aliphatic heterocycles. The summed E-state index contributed by atoms with van der Waals surface area (Å²) in [4.78, 5) is 52.9. The van der Waals surface area contributed by atoms with Crippen LogP contribution in [-0.2, 0) is 19.1 Å². The lowest BCUT2D eigenvalue weighted by Gasteiger charge is -2.18. The van der Waals surface area contributed by atoms with E-state index in [0.717, 1.165) is 42.6 Å². The largest absolute Gasteiger partial charge is 0.494 e. The fourth-order valence-electron chi connectivity index (χ4n) is 5.13. The van der Waals surface area contributed by atoms with E-state index in [1.54, 1.807) is 49.4 Å². The topological polar surface area (TPSA) is 131 Å². The summed E-state index contributed by atoms with van der Waals surface area (Å²) in [7, 11) is 0. The van der Waals surface area contributed by atoms with Crippen LogP contribution in [0.25, 0.3) is 27.9 Å². The number of aromatic nitrogens is 1. The standard InChI is InChI=1S/C40H37NO9/c1-4-36(42)47-22-7-6-10-27-17-20-32(27)28-11-13-30(14-12-28)39(44)49-35-25-33-34(24-26(35)3)41-38(50-40(33)45)29-15-18-31(19-16-29)46-21-8-9-23-48-37(43)5-2/h4-5,11-20,24-25H,1-2,6-10,21-23H2,3H3. The Labute approximate surface area is 289 Å². The van der Waals surface area contributed by atoms with Crippen molar-refractivity contribution in [3.05, 3.63) is 131 Å². The van der Waals surface area contributed by atoms with Crippen molar-refractivity contribution in [3.63, 3.8) is 0 Å². The third-order valence-electron chi connectivity index (χ3n) is 7.93. The van der Waals surface area contributed by atoms with E-state index in [1.807, 2.05) is 18.2 Å². The van der Waals surface area contributed by atoms with Gasteiger partial charge in [0.25, 0.3) is 0 Å². The van der Waals surface area contributed by atoms with Crippen LogP contribution in [0.3, 0.4) is 0 Å². The summed E-state index contributed by atoms with van der Waals surface area (Å²) in [6.07, 6.45) is 10.2. The van der Waals surface area contributed by atoms with Gasteiger partial charge >= 0.3 is 23.5 Å². The van der Waals surface area contributed by atoms with Gasteiger partial charge < -0.3 is 23.4 Å². The molecular weight excluding hydrogens is 638 g/mol. The van der Waals surface area contributed by atoms with Gasteiger partial charge in [-0.1, -0.05) is 37.4 Å². The predicted octanol–water partition coefficient (Wildman–Crippen LogP) is 7.49. The summed E-state index contributed by atoms with van der Waals surface area (Å²) >= 11 is 0. The van der Waals surface area contributed by atoms with Crippen molar-refractivity contribution < 1.29 is 37.7 Å². The number of rotatable bonds is 17. The first-order valence-electron chi connectivity index (χ1n) is 16.3. The molecule has 1 aliphatic rings. The molecule has 0 spiro atoms. The van der Waals surface area contributed by atoms with Crippen LogP contribution in [-0.4, -0.2) is 42.7 Å². The molecule has 0 amide bonds. The highest BCUT2D eigenvalue weighted by Crippen LogP contribution is 2.34. The third-order valence-corrected chi connectivity index (χ3v) is 7.93. The Morgan fingerprint density at radius 2 is 1.44 bits per heavy atom. The minimum atomic E-state index is -0.612. The first kappa shape index (κ1) is 35.3. The summed E-state index contributed by atoms with van der Waals surface area (Å²) in [5.41, 5.74) is 4.69. The number of hydrogen-bond acceptors (Lipinski definition) is 10. The molecule has 1 aromatic heterocycles. The minimum absolute atomic E-state index is 0.149. The van der Waals surface area contributed by atoms with E-state index in [2.05, 4.69) is 24.2 Å². The Balaban J connectivity index is 1.16. The second kappa shape index (κ2) is 16.9. The normalized spacial score (nSPS) is 11.9. The fourth-order valence-corrected chi connectivity index (χ4v) is 5.13. The van der Waals surface area contributed by atoms with Crippen LogP contribution >= 0.6 is 0 Å². The van der Waals surface area contributed by atoms with Crippen LogP contribution in [0.1, 0.15) is 53.6 Å². The summed E-state index contributed by atoms with van der Waals surface area (Å²) < 4.78 is 26.9. The molecule has 0 atom stereocenters. The fraction of sp³-hybridized carbons (Fsp3) is 0.225. The summed E-state index contributed by atoms with van der Waals surface area (Å²) in [6, 6.07) is 17.3. The molecule has 0 radical (unpaired) electrons. The Morgan fingerprint density at radius 1 is 0.800 bits per heavy atom. The first-order chi connectivity index (χ1) is 24.2. The van der Waals surface area contributed by atoms with E-state index in [-0.39, 0.29) is 17.0 Å². The van der Waals surface area contributed by atoms with Crippen molar-refractivity contribution in [1.82, 2.24) is 4.98 Å². The highest BCUT2D eigenvalue weighted by atomic mass is 16.5. The highest BCUT2D eigenvalue weighted by Gasteiger charge is 2.17. The maximum absolute atomic E-state index is 13.1. The molecule has 5 rings (SSSR count). The lowest BCUT2D eigenvalue weighted by Crippen LogP contribution is -2.11. The van der Waals surface area contributed by atoms with E-state index >= 15 is 0 Å². The molecule has 0 N–H and O–H groups in total. The number of ether oxygens (including phenoxy) is 4. The van der Waals surface area contributed by atoms with Crippen LogP contribution in [0.5, 0.6) is 11.5 Å². The smallest absolute Gasteiger partial charge is 0.347 e. The molecule has 10 nitrogen and oxygen atoms in total. The zero-order valence-corrected chi connectivity index (χ0v) is 27.8. The number of benzene rings is 3. The monoisotopic (exact) mass is 675 g/mol. The van der Waals surface area contributed by atoms with Gasteiger partial charge in [-0.05, 0) is 110 Å². The highest BCUT2D eigenvalue weighted by molar-refractivity contribution is 5.93. The molecule has 50 heavy (non-hydrogen) atoms. The van der Waals surface area contributed by atoms with Crippen LogP contribution in [0.2, 0.25) is 0 Å². The number of fused-ring (bicyclic) bond motifs is 1. The van der Waals surface area contributed by atoms with Gasteiger partial charge in [0, 0.05) is 17.7 Å². The van der Waals surface area contributed by atoms with Crippen molar-refractivity contribution in [2.24, 2.45) is 0 Å². The van der Waals surface area contributed by atoms with Crippen LogP contribution in [0.4, 0.5) is 0 Å². The molecule has 256 valence electrons. The van der Waals surface area contributed by atoms with Crippen molar-refractivity contribution in [2.75, 3.05) is 19.8 Å². The van der Waals surface area contributed by atoms with Crippen LogP contribution in [0.15, 0.2) is 113 Å². The number of aryl methyl sites for hydroxylation is 1. The number of unbranched alkanes of at least 4 members (excludes halogenated alkanes) is 2. The summed E-state index contributed by atoms with van der Waals surface area (Å²) in [5.74, 6) is -0.397. The average molecular weight is 676 g/mol. The molecule has 10 heteroatoms. The van der Waals surface area contributed by atoms with Gasteiger partial charge in [-0.2, -0.15) is 0 Å². The van der Waals surface area contributed by atoms with E-state index in [9.17, 15) is 19.2 Å². The molecule has 0 saturated carbocycles. The van der Waals surface area contributed by atoms with Crippen molar-refractivity contribution in [1.29, 1.82) is 0 Å². The van der Waals surface area contributed by atoms with Crippen LogP contribution < -0.4 is 15.1 Å². The second-order valence-electron chi connectivity index (χ2n) is 11.5. The van der Waals surface area contributed by atoms with E-state index in [4.69, 9.17) is 23.4 Å². The lowest BCUT2D eigenvalue weighted by molar-refractivity contribution is -0.138. The average Bonchev–Trinajstić information content (AvgIpc) is 3.11. The molecule has 1 aliphatic carbocycles. The number of hydrogen-bond donors (Lipinski definition) is 0. The van der Waals surface area contributed by atoms with E-state index in [1.165, 1.54) is 11.6 Å². The van der Waals surface area contributed by atoms with Crippen molar-refractivity contribution >= 4 is 34.4 Å². The van der Waals surface area contributed by atoms with Gasteiger partial charge in [-0.25, -0.2) is 24.2 Å². The number of carbonyl (C=O) groups excluding carboxylic acids is 3. The molecule has 0 saturated heterocycles. The van der Waals surface area contributed by atoms with Crippen LogP contribution in [0, 0.1) is 6.92 Å².